The number of likely N-dealkylation sites (tertiary alicyclic amines) is 1. The average molecular weight is 447 g/mol. The lowest BCUT2D eigenvalue weighted by Crippen LogP contribution is -2.54. The van der Waals surface area contributed by atoms with Gasteiger partial charge in [-0.3, -0.25) is 14.6 Å². The smallest absolute Gasteiger partial charge is 0.274 e. The monoisotopic (exact) mass is 446 g/mol. The maximum atomic E-state index is 14.2. The molecule has 1 aliphatic heterocycles. The van der Waals surface area contributed by atoms with Crippen molar-refractivity contribution in [3.05, 3.63) is 84.2 Å². The molecule has 0 N–H and O–H groups in total. The molecule has 0 unspecified atom stereocenters. The number of amides is 2. The van der Waals surface area contributed by atoms with Gasteiger partial charge in [0.15, 0.2) is 0 Å². The Hall–Kier alpha value is -3.61. The van der Waals surface area contributed by atoms with Gasteiger partial charge in [-0.2, -0.15) is 0 Å². The van der Waals surface area contributed by atoms with Crippen molar-refractivity contribution in [3.63, 3.8) is 0 Å². The fourth-order valence-electron chi connectivity index (χ4n) is 4.63. The van der Waals surface area contributed by atoms with Crippen LogP contribution in [0.1, 0.15) is 28.9 Å². The third-order valence-electron chi connectivity index (χ3n) is 6.19. The molecular weight excluding hydrogens is 419 g/mol. The Bertz CT molecular complexity index is 1130. The van der Waals surface area contributed by atoms with Crippen molar-refractivity contribution < 1.29 is 14.0 Å². The first-order valence-electron chi connectivity index (χ1n) is 11.0. The van der Waals surface area contributed by atoms with Gasteiger partial charge in [0.1, 0.15) is 11.5 Å². The molecule has 2 aromatic carbocycles. The SMILES string of the molecule is CN(C)C(=O)[C@]1(Cc2ccc(-c3ccccc3F)cc2)CCCN(C(=O)c2cnccn2)C1. The minimum atomic E-state index is -0.737. The molecule has 3 aromatic rings. The van der Waals surface area contributed by atoms with Gasteiger partial charge in [0.25, 0.3) is 5.91 Å². The van der Waals surface area contributed by atoms with Crippen LogP contribution in [0, 0.1) is 11.2 Å². The predicted octanol–water partition coefficient (Wildman–Crippen LogP) is 3.84. The molecule has 6 nitrogen and oxygen atoms in total. The summed E-state index contributed by atoms with van der Waals surface area (Å²) in [7, 11) is 3.49. The largest absolute Gasteiger partial charge is 0.348 e. The molecular formula is C26H27FN4O2. The van der Waals surface area contributed by atoms with Crippen molar-refractivity contribution in [2.45, 2.75) is 19.3 Å². The highest BCUT2D eigenvalue weighted by atomic mass is 19.1. The van der Waals surface area contributed by atoms with E-state index in [0.29, 0.717) is 31.5 Å². The minimum Gasteiger partial charge on any atom is -0.348 e. The molecule has 4 rings (SSSR count). The van der Waals surface area contributed by atoms with Crippen molar-refractivity contribution in [1.29, 1.82) is 0 Å². The quantitative estimate of drug-likeness (QED) is 0.597. The molecule has 1 atom stereocenters. The Kier molecular flexibility index (Phi) is 6.49. The number of hydrogen-bond acceptors (Lipinski definition) is 4. The molecule has 170 valence electrons. The second kappa shape index (κ2) is 9.48. The fraction of sp³-hybridized carbons (Fsp3) is 0.308. The number of piperidine rings is 1. The van der Waals surface area contributed by atoms with E-state index >= 15 is 0 Å². The number of aromatic nitrogens is 2. The molecule has 7 heteroatoms. The summed E-state index contributed by atoms with van der Waals surface area (Å²) in [6.07, 6.45) is 6.37. The minimum absolute atomic E-state index is 0.00248. The summed E-state index contributed by atoms with van der Waals surface area (Å²) in [5.74, 6) is -0.485. The van der Waals surface area contributed by atoms with Crippen LogP contribution in [-0.2, 0) is 11.2 Å². The first-order chi connectivity index (χ1) is 15.9. The molecule has 33 heavy (non-hydrogen) atoms. The van der Waals surface area contributed by atoms with Crippen LogP contribution in [0.3, 0.4) is 0 Å². The Balaban J connectivity index is 1.60. The van der Waals surface area contributed by atoms with Crippen LogP contribution in [-0.4, -0.2) is 58.8 Å². The van der Waals surface area contributed by atoms with Crippen molar-refractivity contribution in [2.75, 3.05) is 27.2 Å². The molecule has 1 saturated heterocycles. The number of hydrogen-bond donors (Lipinski definition) is 0. The lowest BCUT2D eigenvalue weighted by molar-refractivity contribution is -0.142. The normalized spacial score (nSPS) is 18.1. The Morgan fingerprint density at radius 3 is 2.52 bits per heavy atom. The number of rotatable bonds is 5. The summed E-state index contributed by atoms with van der Waals surface area (Å²) in [5.41, 5.74) is 1.84. The Morgan fingerprint density at radius 1 is 1.09 bits per heavy atom. The number of halogens is 1. The van der Waals surface area contributed by atoms with Crippen molar-refractivity contribution >= 4 is 11.8 Å². The third-order valence-corrected chi connectivity index (χ3v) is 6.19. The summed E-state index contributed by atoms with van der Waals surface area (Å²) in [6.45, 7) is 0.887. The van der Waals surface area contributed by atoms with Gasteiger partial charge >= 0.3 is 0 Å². The van der Waals surface area contributed by atoms with Gasteiger partial charge in [-0.1, -0.05) is 42.5 Å². The zero-order chi connectivity index (χ0) is 23.4. The van der Waals surface area contributed by atoms with E-state index in [-0.39, 0.29) is 23.3 Å². The van der Waals surface area contributed by atoms with Crippen LogP contribution in [0.4, 0.5) is 4.39 Å². The average Bonchev–Trinajstić information content (AvgIpc) is 2.84. The van der Waals surface area contributed by atoms with Crippen molar-refractivity contribution in [1.82, 2.24) is 19.8 Å². The Morgan fingerprint density at radius 2 is 1.85 bits per heavy atom. The van der Waals surface area contributed by atoms with E-state index in [9.17, 15) is 14.0 Å². The third kappa shape index (κ3) is 4.77. The summed E-state index contributed by atoms with van der Waals surface area (Å²) in [6, 6.07) is 14.3. The van der Waals surface area contributed by atoms with Gasteiger partial charge in [0, 0.05) is 45.1 Å². The first kappa shape index (κ1) is 22.6. The highest BCUT2D eigenvalue weighted by Gasteiger charge is 2.44. The van der Waals surface area contributed by atoms with E-state index in [1.165, 1.54) is 24.7 Å². The standard InChI is InChI=1S/C26H27FN4O2/c1-30(2)25(33)26(12-5-15-31(18-26)24(32)23-17-28-13-14-29-23)16-19-8-10-20(11-9-19)21-6-3-4-7-22(21)27/h3-4,6-11,13-14,17H,5,12,15-16,18H2,1-2H3/t26-/m0/s1. The van der Waals surface area contributed by atoms with Gasteiger partial charge in [-0.05, 0) is 36.5 Å². The second-order valence-electron chi connectivity index (χ2n) is 8.75. The highest BCUT2D eigenvalue weighted by molar-refractivity contribution is 5.93. The predicted molar refractivity (Wildman–Crippen MR) is 124 cm³/mol. The van der Waals surface area contributed by atoms with Gasteiger partial charge < -0.3 is 9.80 Å². The zero-order valence-electron chi connectivity index (χ0n) is 18.9. The number of nitrogens with zero attached hydrogens (tertiary/aromatic N) is 4. The first-order valence-corrected chi connectivity index (χ1v) is 11.0. The molecule has 0 bridgehead atoms. The lowest BCUT2D eigenvalue weighted by Gasteiger charge is -2.43. The van der Waals surface area contributed by atoms with Gasteiger partial charge in [-0.15, -0.1) is 0 Å². The van der Waals surface area contributed by atoms with Crippen molar-refractivity contribution in [2.24, 2.45) is 5.41 Å². The van der Waals surface area contributed by atoms with Crippen LogP contribution < -0.4 is 0 Å². The molecule has 1 fully saturated rings. The topological polar surface area (TPSA) is 66.4 Å². The van der Waals surface area contributed by atoms with Crippen LogP contribution in [0.2, 0.25) is 0 Å². The lowest BCUT2D eigenvalue weighted by atomic mass is 9.73. The van der Waals surface area contributed by atoms with E-state index in [4.69, 9.17) is 0 Å². The maximum absolute atomic E-state index is 14.2. The molecule has 2 amide bonds. The summed E-state index contributed by atoms with van der Waals surface area (Å²) >= 11 is 0. The second-order valence-corrected chi connectivity index (χ2v) is 8.75. The molecule has 0 aliphatic carbocycles. The summed E-state index contributed by atoms with van der Waals surface area (Å²) < 4.78 is 14.2. The molecule has 2 heterocycles. The van der Waals surface area contributed by atoms with Gasteiger partial charge in [0.05, 0.1) is 11.6 Å². The number of benzene rings is 2. The summed E-state index contributed by atoms with van der Waals surface area (Å²) in [4.78, 5) is 37.8. The molecule has 1 aromatic heterocycles. The molecule has 0 radical (unpaired) electrons. The van der Waals surface area contributed by atoms with E-state index < -0.39 is 5.41 Å². The number of carbonyl (C=O) groups excluding carboxylic acids is 2. The summed E-state index contributed by atoms with van der Waals surface area (Å²) in [5, 5.41) is 0. The molecule has 0 saturated carbocycles. The van der Waals surface area contributed by atoms with Gasteiger partial charge in [0.2, 0.25) is 5.91 Å². The zero-order valence-corrected chi connectivity index (χ0v) is 18.9. The van der Waals surface area contributed by atoms with Crippen LogP contribution in [0.5, 0.6) is 0 Å². The van der Waals surface area contributed by atoms with Gasteiger partial charge in [-0.25, -0.2) is 9.37 Å². The van der Waals surface area contributed by atoms with Crippen LogP contribution >= 0.6 is 0 Å². The molecule has 1 aliphatic rings. The van der Waals surface area contributed by atoms with Crippen LogP contribution in [0.25, 0.3) is 11.1 Å². The number of carbonyl (C=O) groups is 2. The van der Waals surface area contributed by atoms with E-state index in [1.54, 1.807) is 36.0 Å². The fourth-order valence-corrected chi connectivity index (χ4v) is 4.63. The molecule has 0 spiro atoms. The van der Waals surface area contributed by atoms with Crippen LogP contribution in [0.15, 0.2) is 67.1 Å². The highest BCUT2D eigenvalue weighted by Crippen LogP contribution is 2.36. The Labute approximate surface area is 193 Å². The van der Waals surface area contributed by atoms with E-state index in [0.717, 1.165) is 17.5 Å². The van der Waals surface area contributed by atoms with E-state index in [2.05, 4.69) is 9.97 Å². The van der Waals surface area contributed by atoms with Crippen molar-refractivity contribution in [3.8, 4) is 11.1 Å². The van der Waals surface area contributed by atoms with E-state index in [1.807, 2.05) is 30.3 Å². The maximum Gasteiger partial charge on any atom is 0.274 e.